The molecule has 0 aliphatic carbocycles. The maximum atomic E-state index is 13.4. The van der Waals surface area contributed by atoms with Crippen molar-refractivity contribution in [2.75, 3.05) is 70.8 Å². The molecule has 7 N–H and O–H groups in total. The summed E-state index contributed by atoms with van der Waals surface area (Å²) in [6, 6.07) is 27.6. The summed E-state index contributed by atoms with van der Waals surface area (Å²) in [7, 11) is 0. The van der Waals surface area contributed by atoms with Crippen LogP contribution in [0, 0.1) is 23.5 Å². The Bertz CT molecular complexity index is 2750. The van der Waals surface area contributed by atoms with Crippen molar-refractivity contribution < 1.29 is 23.8 Å². The average Bonchev–Trinajstić information content (AvgIpc) is 4.02. The van der Waals surface area contributed by atoms with E-state index in [2.05, 4.69) is 106 Å². The van der Waals surface area contributed by atoms with Gasteiger partial charge in [0.1, 0.15) is 11.6 Å². The number of amides is 1. The molecule has 2 aromatic heterocycles. The summed E-state index contributed by atoms with van der Waals surface area (Å²) in [5.74, 6) is -0.813. The van der Waals surface area contributed by atoms with E-state index in [0.717, 1.165) is 125 Å². The van der Waals surface area contributed by atoms with E-state index in [1.807, 2.05) is 30.3 Å². The molecule has 376 valence electrons. The Kier molecular flexibility index (Phi) is 16.8. The number of fused-ring (bicyclic) bond motifs is 2. The highest BCUT2D eigenvalue weighted by molar-refractivity contribution is 9.10. The number of carbonyl (C=O) groups excluding carboxylic acids is 1. The van der Waals surface area contributed by atoms with Gasteiger partial charge in [-0.25, -0.2) is 8.78 Å². The fraction of sp³-hybridized carbons (Fsp3) is 0.436. The van der Waals surface area contributed by atoms with Crippen molar-refractivity contribution in [3.05, 3.63) is 136 Å². The number of aliphatic hydroxyl groups excluding tert-OH is 2. The van der Waals surface area contributed by atoms with Gasteiger partial charge in [0, 0.05) is 95.3 Å². The third kappa shape index (κ3) is 12.9. The molecular weight excluding hydrogens is 985 g/mol. The number of nitrogens with two attached hydrogens (primary N) is 1. The van der Waals surface area contributed by atoms with E-state index in [9.17, 15) is 23.8 Å². The number of aliphatic imine (C=N–C) groups is 1. The first-order chi connectivity index (χ1) is 34.4. The van der Waals surface area contributed by atoms with Crippen molar-refractivity contribution in [1.82, 2.24) is 29.6 Å². The molecule has 1 amide bonds. The van der Waals surface area contributed by atoms with Crippen LogP contribution in [0.15, 0.2) is 113 Å². The number of benzene rings is 4. The zero-order valence-electron chi connectivity index (χ0n) is 40.2. The van der Waals surface area contributed by atoms with Crippen molar-refractivity contribution in [2.24, 2.45) is 22.6 Å². The van der Waals surface area contributed by atoms with Crippen molar-refractivity contribution >= 4 is 72.6 Å². The van der Waals surface area contributed by atoms with Gasteiger partial charge >= 0.3 is 0 Å². The van der Waals surface area contributed by atoms with E-state index in [1.165, 1.54) is 32.9 Å². The third-order valence-corrected chi connectivity index (χ3v) is 16.2. The fourth-order valence-electron chi connectivity index (χ4n) is 11.2. The van der Waals surface area contributed by atoms with Gasteiger partial charge in [-0.2, -0.15) is 4.99 Å². The number of hydrogen-bond donors (Lipinski definition) is 6. The molecule has 12 nitrogen and oxygen atoms in total. The summed E-state index contributed by atoms with van der Waals surface area (Å²) in [6.07, 6.45) is 11.5. The maximum absolute atomic E-state index is 13.4. The molecule has 4 aliphatic heterocycles. The second-order valence-corrected chi connectivity index (χ2v) is 21.2. The number of thiocarbonyl (C=S) groups is 1. The molecule has 4 aliphatic rings. The summed E-state index contributed by atoms with van der Waals surface area (Å²) in [6.45, 7) is 8.38. The monoisotopic (exact) mass is 1050 g/mol. The normalized spacial score (nSPS) is 19.4. The van der Waals surface area contributed by atoms with E-state index in [0.29, 0.717) is 43.5 Å². The molecule has 4 fully saturated rings. The molecule has 4 aromatic carbocycles. The largest absolute Gasteiger partial charge is 0.392 e. The van der Waals surface area contributed by atoms with Crippen LogP contribution in [0.4, 0.5) is 14.5 Å². The predicted octanol–water partition coefficient (Wildman–Crippen LogP) is 9.43. The van der Waals surface area contributed by atoms with Crippen LogP contribution in [-0.4, -0.2) is 134 Å². The minimum atomic E-state index is -0.839. The Morgan fingerprint density at radius 2 is 1.15 bits per heavy atom. The number of piperidine rings is 4. The van der Waals surface area contributed by atoms with Gasteiger partial charge in [0.25, 0.3) is 5.91 Å². The highest BCUT2D eigenvalue weighted by atomic mass is 79.9. The Balaban J connectivity index is 0.000000176. The lowest BCUT2D eigenvalue weighted by molar-refractivity contribution is 0.0339. The molecule has 10 rings (SSSR count). The van der Waals surface area contributed by atoms with Crippen LogP contribution in [0.3, 0.4) is 0 Å². The van der Waals surface area contributed by atoms with E-state index < -0.39 is 23.6 Å². The molecule has 16 heteroatoms. The SMILES string of the molecule is NC(=NC(=O)c1cc(F)cc(F)c1)N1CCC(C(O)CN2CCC(c3c[nH]c4ccccc34)CC2)CC1.OC(CN1CCC(c2c[nH]c3ccccc23)CC1)C1CCN(C(=S)Nc2cccc(Br)c2)CC1. The van der Waals surface area contributed by atoms with E-state index >= 15 is 0 Å². The third-order valence-electron chi connectivity index (χ3n) is 15.4. The first kappa shape index (κ1) is 50.7. The molecular formula is C55H66BrF2N9O3S. The van der Waals surface area contributed by atoms with Crippen LogP contribution in [-0.2, 0) is 0 Å². The number of para-hydroxylation sites is 2. The number of nitrogens with zero attached hydrogens (tertiary/aromatic N) is 5. The number of guanidine groups is 1. The summed E-state index contributed by atoms with van der Waals surface area (Å²) in [4.78, 5) is 31.8. The molecule has 0 bridgehead atoms. The molecule has 0 saturated carbocycles. The molecule has 0 radical (unpaired) electrons. The van der Waals surface area contributed by atoms with Crippen molar-refractivity contribution in [3.8, 4) is 0 Å². The highest BCUT2D eigenvalue weighted by Crippen LogP contribution is 2.35. The lowest BCUT2D eigenvalue weighted by Crippen LogP contribution is -2.47. The second-order valence-electron chi connectivity index (χ2n) is 19.9. The number of aromatic nitrogens is 2. The number of hydrogen-bond acceptors (Lipinski definition) is 6. The number of aromatic amines is 2. The quantitative estimate of drug-likeness (QED) is 0.0445. The highest BCUT2D eigenvalue weighted by Gasteiger charge is 2.32. The van der Waals surface area contributed by atoms with E-state index in [1.54, 1.807) is 4.90 Å². The van der Waals surface area contributed by atoms with Gasteiger partial charge in [0.15, 0.2) is 11.1 Å². The average molecular weight is 1050 g/mol. The number of carbonyl (C=O) groups is 1. The smallest absolute Gasteiger partial charge is 0.280 e. The number of anilines is 1. The number of halogens is 3. The van der Waals surface area contributed by atoms with Crippen molar-refractivity contribution in [1.29, 1.82) is 0 Å². The van der Waals surface area contributed by atoms with Crippen LogP contribution in [0.5, 0.6) is 0 Å². The van der Waals surface area contributed by atoms with Crippen LogP contribution in [0.25, 0.3) is 21.8 Å². The minimum Gasteiger partial charge on any atom is -0.392 e. The molecule has 2 unspecified atom stereocenters. The Morgan fingerprint density at radius 1 is 0.676 bits per heavy atom. The van der Waals surface area contributed by atoms with Crippen LogP contribution < -0.4 is 11.1 Å². The van der Waals surface area contributed by atoms with E-state index in [4.69, 9.17) is 18.0 Å². The molecule has 71 heavy (non-hydrogen) atoms. The van der Waals surface area contributed by atoms with E-state index in [-0.39, 0.29) is 23.5 Å². The van der Waals surface area contributed by atoms with Gasteiger partial charge in [-0.3, -0.25) is 4.79 Å². The zero-order chi connectivity index (χ0) is 49.4. The lowest BCUT2D eigenvalue weighted by atomic mass is 9.87. The first-order valence-corrected chi connectivity index (χ1v) is 26.5. The summed E-state index contributed by atoms with van der Waals surface area (Å²) in [5.41, 5.74) is 12.1. The fourth-order valence-corrected chi connectivity index (χ4v) is 11.9. The number of likely N-dealkylation sites (tertiary alicyclic amines) is 4. The predicted molar refractivity (Wildman–Crippen MR) is 287 cm³/mol. The number of β-amino-alcohol motifs (C(OH)–C–C–N with tert-alkyl or cyclic N) is 2. The zero-order valence-corrected chi connectivity index (χ0v) is 42.6. The van der Waals surface area contributed by atoms with Gasteiger partial charge in [0.05, 0.1) is 12.2 Å². The molecule has 0 spiro atoms. The van der Waals surface area contributed by atoms with Gasteiger partial charge < -0.3 is 50.8 Å². The minimum absolute atomic E-state index is 0.0296. The molecule has 2 atom stereocenters. The van der Waals surface area contributed by atoms with Crippen LogP contribution >= 0.6 is 28.1 Å². The summed E-state index contributed by atoms with van der Waals surface area (Å²) >= 11 is 9.14. The number of rotatable bonds is 10. The van der Waals surface area contributed by atoms with Gasteiger partial charge in [-0.1, -0.05) is 58.4 Å². The Morgan fingerprint density at radius 3 is 1.65 bits per heavy atom. The topological polar surface area (TPSA) is 152 Å². The second kappa shape index (κ2) is 23.5. The summed E-state index contributed by atoms with van der Waals surface area (Å²) in [5, 5.41) is 28.7. The standard InChI is InChI=1S/C28H33F2N5O2.C27H33BrN4OS/c29-21-13-20(14-22(30)15-21)27(37)33-28(31)35-11-7-19(8-12-35)26(36)17-34-9-5-18(6-10-34)24-16-32-25-4-2-1-3-23(24)25;28-21-4-3-5-22(16-21)30-27(34)32-14-10-20(11-15-32)26(33)18-31-12-8-19(9-13-31)24-17-29-25-7-2-1-6-23(24)25/h1-4,13-16,18-19,26,32,36H,5-12,17H2,(H2,31,33,37);1-7,16-17,19-20,26,29,33H,8-15,18H2,(H,30,34). The van der Waals surface area contributed by atoms with Gasteiger partial charge in [-0.05, 0) is 167 Å². The Labute approximate surface area is 428 Å². The number of H-pyrrole nitrogens is 2. The van der Waals surface area contributed by atoms with Crippen LogP contribution in [0.2, 0.25) is 0 Å². The van der Waals surface area contributed by atoms with Gasteiger partial charge in [-0.15, -0.1) is 0 Å². The number of nitrogens with one attached hydrogen (secondary N) is 3. The molecule has 6 heterocycles. The Hall–Kier alpha value is -5.23. The first-order valence-electron chi connectivity index (χ1n) is 25.3. The van der Waals surface area contributed by atoms with Crippen molar-refractivity contribution in [2.45, 2.75) is 75.4 Å². The van der Waals surface area contributed by atoms with Crippen molar-refractivity contribution in [3.63, 3.8) is 0 Å². The maximum Gasteiger partial charge on any atom is 0.280 e. The summed E-state index contributed by atoms with van der Waals surface area (Å²) < 4.78 is 27.8. The molecule has 6 aromatic rings. The molecule has 4 saturated heterocycles. The number of aliphatic hydroxyl groups is 2. The van der Waals surface area contributed by atoms with Crippen LogP contribution in [0.1, 0.15) is 84.7 Å². The lowest BCUT2D eigenvalue weighted by Gasteiger charge is -2.38. The van der Waals surface area contributed by atoms with Gasteiger partial charge in [0.2, 0.25) is 0 Å².